The Morgan fingerprint density at radius 1 is 1.27 bits per heavy atom. The summed E-state index contributed by atoms with van der Waals surface area (Å²) in [6.07, 6.45) is -3.17. The smallest absolute Gasteiger partial charge is 0.247 e. The predicted octanol–water partition coefficient (Wildman–Crippen LogP) is -0.00480. The SMILES string of the molecule is C/C(=N\Nc1nc(N)c2ncn(C3O[C@H](CO)[C@@H](O)[C@H]3O)c2n1)c1ccc(F)cc1. The number of nitrogens with two attached hydrogens (primary N) is 1. The van der Waals surface area contributed by atoms with E-state index in [0.29, 0.717) is 11.3 Å². The van der Waals surface area contributed by atoms with Crippen molar-refractivity contribution in [3.05, 3.63) is 42.0 Å². The van der Waals surface area contributed by atoms with Gasteiger partial charge in [0.1, 0.15) is 29.6 Å². The summed E-state index contributed by atoms with van der Waals surface area (Å²) in [5, 5.41) is 33.8. The Bertz CT molecular complexity index is 1090. The van der Waals surface area contributed by atoms with Crippen molar-refractivity contribution in [3.63, 3.8) is 0 Å². The first-order valence-electron chi connectivity index (χ1n) is 9.07. The number of nitrogens with zero attached hydrogens (tertiary/aromatic N) is 5. The van der Waals surface area contributed by atoms with Crippen molar-refractivity contribution in [2.75, 3.05) is 17.8 Å². The second kappa shape index (κ2) is 7.91. The van der Waals surface area contributed by atoms with E-state index < -0.39 is 31.1 Å². The number of nitrogens with one attached hydrogen (secondary N) is 1. The van der Waals surface area contributed by atoms with E-state index in [2.05, 4.69) is 25.5 Å². The number of rotatable bonds is 5. The largest absolute Gasteiger partial charge is 0.394 e. The molecule has 1 saturated heterocycles. The number of fused-ring (bicyclic) bond motifs is 1. The van der Waals surface area contributed by atoms with E-state index in [0.717, 1.165) is 0 Å². The van der Waals surface area contributed by atoms with Crippen molar-refractivity contribution in [2.24, 2.45) is 5.10 Å². The van der Waals surface area contributed by atoms with Crippen LogP contribution in [0.5, 0.6) is 0 Å². The van der Waals surface area contributed by atoms with Gasteiger partial charge in [0, 0.05) is 0 Å². The number of aliphatic hydroxyl groups is 3. The molecule has 1 fully saturated rings. The molecular formula is C18H20FN7O4. The molecule has 1 aromatic carbocycles. The minimum Gasteiger partial charge on any atom is -0.394 e. The normalized spacial score (nSPS) is 24.5. The summed E-state index contributed by atoms with van der Waals surface area (Å²) in [4.78, 5) is 12.6. The fourth-order valence-corrected chi connectivity index (χ4v) is 3.17. The van der Waals surface area contributed by atoms with Crippen LogP contribution in [-0.4, -0.2) is 65.5 Å². The van der Waals surface area contributed by atoms with Gasteiger partial charge in [0.25, 0.3) is 0 Å². The van der Waals surface area contributed by atoms with Crippen molar-refractivity contribution in [2.45, 2.75) is 31.5 Å². The molecule has 11 nitrogen and oxygen atoms in total. The predicted molar refractivity (Wildman–Crippen MR) is 105 cm³/mol. The van der Waals surface area contributed by atoms with Crippen LogP contribution in [0, 0.1) is 5.82 Å². The van der Waals surface area contributed by atoms with Gasteiger partial charge < -0.3 is 25.8 Å². The number of hydrazone groups is 1. The molecule has 0 amide bonds. The third-order valence-electron chi connectivity index (χ3n) is 4.83. The topological polar surface area (TPSA) is 164 Å². The highest BCUT2D eigenvalue weighted by Crippen LogP contribution is 2.32. The number of hydrogen-bond donors (Lipinski definition) is 5. The zero-order chi connectivity index (χ0) is 21.4. The molecule has 158 valence electrons. The van der Waals surface area contributed by atoms with E-state index in [1.54, 1.807) is 19.1 Å². The van der Waals surface area contributed by atoms with Crippen LogP contribution in [0.1, 0.15) is 18.7 Å². The Kier molecular flexibility index (Phi) is 5.30. The van der Waals surface area contributed by atoms with Crippen molar-refractivity contribution in [3.8, 4) is 0 Å². The molecule has 1 aliphatic rings. The van der Waals surface area contributed by atoms with E-state index in [1.807, 2.05) is 0 Å². The lowest BCUT2D eigenvalue weighted by Gasteiger charge is -2.16. The first-order chi connectivity index (χ1) is 14.4. The van der Waals surface area contributed by atoms with Crippen LogP contribution in [0.2, 0.25) is 0 Å². The first kappa shape index (κ1) is 20.1. The summed E-state index contributed by atoms with van der Waals surface area (Å²) < 4.78 is 20.0. The molecule has 1 unspecified atom stereocenters. The van der Waals surface area contributed by atoms with Gasteiger partial charge in [0.05, 0.1) is 18.6 Å². The lowest BCUT2D eigenvalue weighted by Crippen LogP contribution is -2.33. The molecule has 3 heterocycles. The highest BCUT2D eigenvalue weighted by Gasteiger charge is 2.44. The molecule has 4 rings (SSSR count). The minimum absolute atomic E-state index is 0.0648. The quantitative estimate of drug-likeness (QED) is 0.284. The molecule has 1 aliphatic heterocycles. The van der Waals surface area contributed by atoms with Gasteiger partial charge >= 0.3 is 0 Å². The van der Waals surface area contributed by atoms with Crippen LogP contribution >= 0.6 is 0 Å². The van der Waals surface area contributed by atoms with E-state index >= 15 is 0 Å². The van der Waals surface area contributed by atoms with Gasteiger partial charge in [-0.3, -0.25) is 4.57 Å². The number of anilines is 2. The number of nitrogen functional groups attached to an aromatic ring is 1. The van der Waals surface area contributed by atoms with Crippen molar-refractivity contribution in [1.29, 1.82) is 0 Å². The summed E-state index contributed by atoms with van der Waals surface area (Å²) in [6.45, 7) is 1.27. The zero-order valence-electron chi connectivity index (χ0n) is 15.8. The molecule has 2 aromatic heterocycles. The van der Waals surface area contributed by atoms with E-state index in [9.17, 15) is 19.7 Å². The van der Waals surface area contributed by atoms with E-state index in [-0.39, 0.29) is 28.7 Å². The second-order valence-corrected chi connectivity index (χ2v) is 6.80. The van der Waals surface area contributed by atoms with Gasteiger partial charge in [-0.05, 0) is 24.6 Å². The minimum atomic E-state index is -1.30. The van der Waals surface area contributed by atoms with Crippen molar-refractivity contribution < 1.29 is 24.4 Å². The Morgan fingerprint density at radius 3 is 2.67 bits per heavy atom. The molecule has 4 atom stereocenters. The second-order valence-electron chi connectivity index (χ2n) is 6.80. The van der Waals surface area contributed by atoms with Crippen LogP contribution < -0.4 is 11.2 Å². The summed E-state index contributed by atoms with van der Waals surface area (Å²) >= 11 is 0. The monoisotopic (exact) mass is 417 g/mol. The summed E-state index contributed by atoms with van der Waals surface area (Å²) in [7, 11) is 0. The maximum atomic E-state index is 13.1. The molecule has 30 heavy (non-hydrogen) atoms. The van der Waals surface area contributed by atoms with Gasteiger partial charge in [0.15, 0.2) is 17.7 Å². The lowest BCUT2D eigenvalue weighted by molar-refractivity contribution is -0.0511. The average Bonchev–Trinajstić information content (AvgIpc) is 3.28. The summed E-state index contributed by atoms with van der Waals surface area (Å²) in [5.41, 5.74) is 10.5. The standard InChI is InChI=1S/C18H20FN7O4/c1-8(9-2-4-10(19)5-3-9)24-25-18-22-15(20)12-16(23-18)26(7-21-12)17-14(29)13(28)11(6-27)30-17/h2-5,7,11,13-14,17,27-29H,6H2,1H3,(H3,20,22,23,25)/b24-8+/t11-,13-,14-,17?/m1/s1. The number of ether oxygens (including phenoxy) is 1. The molecule has 0 bridgehead atoms. The Morgan fingerprint density at radius 2 is 2.00 bits per heavy atom. The molecule has 0 aliphatic carbocycles. The molecule has 0 spiro atoms. The third-order valence-corrected chi connectivity index (χ3v) is 4.83. The lowest BCUT2D eigenvalue weighted by atomic mass is 10.1. The van der Waals surface area contributed by atoms with Gasteiger partial charge in [0.2, 0.25) is 5.95 Å². The molecule has 12 heteroatoms. The van der Waals surface area contributed by atoms with Crippen LogP contribution in [0.4, 0.5) is 16.2 Å². The Balaban J connectivity index is 1.64. The maximum Gasteiger partial charge on any atom is 0.247 e. The number of benzene rings is 1. The zero-order valence-corrected chi connectivity index (χ0v) is 15.8. The van der Waals surface area contributed by atoms with Gasteiger partial charge in [-0.25, -0.2) is 14.8 Å². The van der Waals surface area contributed by atoms with Gasteiger partial charge in [-0.2, -0.15) is 15.1 Å². The van der Waals surface area contributed by atoms with Crippen LogP contribution in [0.3, 0.4) is 0 Å². The molecule has 0 saturated carbocycles. The third kappa shape index (κ3) is 3.57. The number of aromatic nitrogens is 4. The number of aliphatic hydroxyl groups excluding tert-OH is 3. The molecular weight excluding hydrogens is 397 g/mol. The van der Waals surface area contributed by atoms with Crippen LogP contribution in [0.15, 0.2) is 35.7 Å². The summed E-state index contributed by atoms with van der Waals surface area (Å²) in [6, 6.07) is 5.83. The fourth-order valence-electron chi connectivity index (χ4n) is 3.17. The Hall–Kier alpha value is -3.19. The molecule has 3 aromatic rings. The number of halogens is 1. The van der Waals surface area contributed by atoms with E-state index in [1.165, 1.54) is 23.0 Å². The van der Waals surface area contributed by atoms with Crippen LogP contribution in [0.25, 0.3) is 11.2 Å². The molecule has 6 N–H and O–H groups in total. The van der Waals surface area contributed by atoms with Crippen molar-refractivity contribution in [1.82, 2.24) is 19.5 Å². The highest BCUT2D eigenvalue weighted by atomic mass is 19.1. The molecule has 0 radical (unpaired) electrons. The van der Waals surface area contributed by atoms with Gasteiger partial charge in [-0.15, -0.1) is 0 Å². The van der Waals surface area contributed by atoms with Crippen molar-refractivity contribution >= 4 is 28.6 Å². The number of imidazole rings is 1. The average molecular weight is 417 g/mol. The Labute approximate surface area is 169 Å². The summed E-state index contributed by atoms with van der Waals surface area (Å²) in [5.74, 6) is -0.211. The number of hydrogen-bond acceptors (Lipinski definition) is 10. The van der Waals surface area contributed by atoms with Crippen LogP contribution in [-0.2, 0) is 4.74 Å². The van der Waals surface area contributed by atoms with E-state index in [4.69, 9.17) is 10.5 Å². The highest BCUT2D eigenvalue weighted by molar-refractivity contribution is 5.99. The maximum absolute atomic E-state index is 13.1. The fraction of sp³-hybridized carbons (Fsp3) is 0.333. The van der Waals surface area contributed by atoms with Gasteiger partial charge in [-0.1, -0.05) is 12.1 Å². The first-order valence-corrected chi connectivity index (χ1v) is 9.07.